The lowest BCUT2D eigenvalue weighted by atomic mass is 10.1. The average molecular weight is 204 g/mol. The van der Waals surface area contributed by atoms with Crippen LogP contribution in [-0.2, 0) is 0 Å². The Labute approximate surface area is 89.7 Å². The first-order valence-corrected chi connectivity index (χ1v) is 5.36. The summed E-state index contributed by atoms with van der Waals surface area (Å²) in [5.41, 5.74) is 7.70. The number of hydrogen-bond donors (Lipinski definition) is 2. The standard InChI is InChI=1S/C12H16N2O/c1-2-14-12(15)9-5-3-4-8(6-9)10-7-11(10)13/h3-6,10-11H,2,7,13H2,1H3,(H,14,15)/t10-,11+/m0/s1. The third-order valence-corrected chi connectivity index (χ3v) is 2.75. The van der Waals surface area contributed by atoms with E-state index in [2.05, 4.69) is 5.32 Å². The summed E-state index contributed by atoms with van der Waals surface area (Å²) in [6.07, 6.45) is 1.04. The van der Waals surface area contributed by atoms with Crippen molar-refractivity contribution < 1.29 is 4.79 Å². The highest BCUT2D eigenvalue weighted by molar-refractivity contribution is 5.94. The summed E-state index contributed by atoms with van der Waals surface area (Å²) in [5.74, 6) is 0.452. The maximum absolute atomic E-state index is 11.6. The summed E-state index contributed by atoms with van der Waals surface area (Å²) in [7, 11) is 0. The number of carbonyl (C=O) groups excluding carboxylic acids is 1. The first-order valence-electron chi connectivity index (χ1n) is 5.36. The van der Waals surface area contributed by atoms with Gasteiger partial charge in [0, 0.05) is 24.1 Å². The Bertz CT molecular complexity index is 376. The Kier molecular flexibility index (Phi) is 2.73. The molecule has 0 spiro atoms. The lowest BCUT2D eigenvalue weighted by Gasteiger charge is -2.04. The number of carbonyl (C=O) groups is 1. The lowest BCUT2D eigenvalue weighted by molar-refractivity contribution is 0.0955. The van der Waals surface area contributed by atoms with Gasteiger partial charge < -0.3 is 11.1 Å². The number of hydrogen-bond acceptors (Lipinski definition) is 2. The third-order valence-electron chi connectivity index (χ3n) is 2.75. The molecular weight excluding hydrogens is 188 g/mol. The molecule has 3 heteroatoms. The molecule has 1 aromatic carbocycles. The second-order valence-electron chi connectivity index (χ2n) is 3.99. The van der Waals surface area contributed by atoms with Crippen LogP contribution in [0.5, 0.6) is 0 Å². The maximum atomic E-state index is 11.6. The van der Waals surface area contributed by atoms with Crippen molar-refractivity contribution in [2.24, 2.45) is 5.73 Å². The monoisotopic (exact) mass is 204 g/mol. The van der Waals surface area contributed by atoms with Gasteiger partial charge in [-0.1, -0.05) is 12.1 Å². The predicted octanol–water partition coefficient (Wildman–Crippen LogP) is 1.25. The van der Waals surface area contributed by atoms with Gasteiger partial charge in [-0.2, -0.15) is 0 Å². The van der Waals surface area contributed by atoms with Crippen molar-refractivity contribution in [2.75, 3.05) is 6.54 Å². The van der Waals surface area contributed by atoms with Gasteiger partial charge in [0.25, 0.3) is 5.91 Å². The topological polar surface area (TPSA) is 55.1 Å². The second-order valence-corrected chi connectivity index (χ2v) is 3.99. The van der Waals surface area contributed by atoms with Gasteiger partial charge in [-0.15, -0.1) is 0 Å². The second kappa shape index (κ2) is 4.03. The highest BCUT2D eigenvalue weighted by Crippen LogP contribution is 2.38. The van der Waals surface area contributed by atoms with Crippen LogP contribution in [0.1, 0.15) is 35.2 Å². The fourth-order valence-corrected chi connectivity index (χ4v) is 1.77. The molecule has 0 bridgehead atoms. The van der Waals surface area contributed by atoms with Gasteiger partial charge in [0.15, 0.2) is 0 Å². The van der Waals surface area contributed by atoms with Gasteiger partial charge in [-0.25, -0.2) is 0 Å². The van der Waals surface area contributed by atoms with E-state index in [1.54, 1.807) is 0 Å². The molecule has 1 aliphatic carbocycles. The number of amides is 1. The zero-order chi connectivity index (χ0) is 10.8. The zero-order valence-electron chi connectivity index (χ0n) is 8.86. The smallest absolute Gasteiger partial charge is 0.251 e. The molecule has 2 rings (SSSR count). The third kappa shape index (κ3) is 2.18. The van der Waals surface area contributed by atoms with Crippen molar-refractivity contribution in [1.29, 1.82) is 0 Å². The van der Waals surface area contributed by atoms with Crippen LogP contribution < -0.4 is 11.1 Å². The highest BCUT2D eigenvalue weighted by atomic mass is 16.1. The number of rotatable bonds is 3. The van der Waals surface area contributed by atoms with Gasteiger partial charge in [-0.05, 0) is 31.0 Å². The molecule has 0 aliphatic heterocycles. The van der Waals surface area contributed by atoms with Gasteiger partial charge in [0.2, 0.25) is 0 Å². The molecule has 0 saturated heterocycles. The van der Waals surface area contributed by atoms with Gasteiger partial charge in [0.05, 0.1) is 0 Å². The minimum absolute atomic E-state index is 0.00595. The summed E-state index contributed by atoms with van der Waals surface area (Å²) in [6, 6.07) is 8.03. The molecule has 1 saturated carbocycles. The van der Waals surface area contributed by atoms with E-state index < -0.39 is 0 Å². The fraction of sp³-hybridized carbons (Fsp3) is 0.417. The molecule has 80 valence electrons. The molecule has 1 aliphatic rings. The van der Waals surface area contributed by atoms with Crippen LogP contribution in [0.25, 0.3) is 0 Å². The largest absolute Gasteiger partial charge is 0.352 e. The SMILES string of the molecule is CCNC(=O)c1cccc([C@@H]2C[C@H]2N)c1. The molecule has 1 amide bonds. The number of benzene rings is 1. The van der Waals surface area contributed by atoms with Gasteiger partial charge >= 0.3 is 0 Å². The predicted molar refractivity (Wildman–Crippen MR) is 59.8 cm³/mol. The minimum Gasteiger partial charge on any atom is -0.352 e. The van der Waals surface area contributed by atoms with Crippen molar-refractivity contribution >= 4 is 5.91 Å². The lowest BCUT2D eigenvalue weighted by Crippen LogP contribution is -2.22. The van der Waals surface area contributed by atoms with E-state index in [0.29, 0.717) is 12.5 Å². The molecule has 1 fully saturated rings. The van der Waals surface area contributed by atoms with Crippen LogP contribution in [0.3, 0.4) is 0 Å². The maximum Gasteiger partial charge on any atom is 0.251 e. The van der Waals surface area contributed by atoms with Crippen molar-refractivity contribution in [3.8, 4) is 0 Å². The molecular formula is C12H16N2O. The molecule has 3 N–H and O–H groups in total. The Hall–Kier alpha value is -1.35. The first kappa shape index (κ1) is 10.2. The average Bonchev–Trinajstić information content (AvgIpc) is 2.96. The summed E-state index contributed by atoms with van der Waals surface area (Å²) >= 11 is 0. The van der Waals surface area contributed by atoms with E-state index in [4.69, 9.17) is 5.73 Å². The molecule has 1 aromatic rings. The van der Waals surface area contributed by atoms with Crippen LogP contribution in [0, 0.1) is 0 Å². The molecule has 2 atom stereocenters. The van der Waals surface area contributed by atoms with Crippen LogP contribution in [-0.4, -0.2) is 18.5 Å². The van der Waals surface area contributed by atoms with E-state index >= 15 is 0 Å². The Morgan fingerprint density at radius 1 is 1.60 bits per heavy atom. The number of nitrogens with one attached hydrogen (secondary N) is 1. The van der Waals surface area contributed by atoms with Crippen molar-refractivity contribution in [3.05, 3.63) is 35.4 Å². The summed E-state index contributed by atoms with van der Waals surface area (Å²) in [5, 5.41) is 2.79. The van der Waals surface area contributed by atoms with E-state index in [-0.39, 0.29) is 11.9 Å². The van der Waals surface area contributed by atoms with Crippen molar-refractivity contribution in [1.82, 2.24) is 5.32 Å². The molecule has 3 nitrogen and oxygen atoms in total. The Balaban J connectivity index is 2.15. The van der Waals surface area contributed by atoms with Crippen molar-refractivity contribution in [3.63, 3.8) is 0 Å². The highest BCUT2D eigenvalue weighted by Gasteiger charge is 2.34. The first-order chi connectivity index (χ1) is 7.22. The normalized spacial score (nSPS) is 23.6. The number of nitrogens with two attached hydrogens (primary N) is 1. The van der Waals surface area contributed by atoms with Gasteiger partial charge in [-0.3, -0.25) is 4.79 Å². The fourth-order valence-electron chi connectivity index (χ4n) is 1.77. The quantitative estimate of drug-likeness (QED) is 0.778. The van der Waals surface area contributed by atoms with E-state index in [0.717, 1.165) is 12.0 Å². The van der Waals surface area contributed by atoms with E-state index in [9.17, 15) is 4.79 Å². The minimum atomic E-state index is -0.00595. The Morgan fingerprint density at radius 2 is 2.33 bits per heavy atom. The zero-order valence-corrected chi connectivity index (χ0v) is 8.86. The van der Waals surface area contributed by atoms with Crippen molar-refractivity contribution in [2.45, 2.75) is 25.3 Å². The van der Waals surface area contributed by atoms with Crippen LogP contribution >= 0.6 is 0 Å². The van der Waals surface area contributed by atoms with Crippen LogP contribution in [0.2, 0.25) is 0 Å². The summed E-state index contributed by atoms with van der Waals surface area (Å²) in [6.45, 7) is 2.57. The van der Waals surface area contributed by atoms with Crippen LogP contribution in [0.4, 0.5) is 0 Å². The van der Waals surface area contributed by atoms with E-state index in [1.807, 2.05) is 31.2 Å². The molecule has 0 unspecified atom stereocenters. The van der Waals surface area contributed by atoms with Gasteiger partial charge in [0.1, 0.15) is 0 Å². The Morgan fingerprint density at radius 3 is 2.93 bits per heavy atom. The molecule has 0 radical (unpaired) electrons. The van der Waals surface area contributed by atoms with E-state index in [1.165, 1.54) is 5.56 Å². The molecule has 0 aromatic heterocycles. The summed E-state index contributed by atoms with van der Waals surface area (Å²) < 4.78 is 0. The molecule has 0 heterocycles. The molecule has 15 heavy (non-hydrogen) atoms. The summed E-state index contributed by atoms with van der Waals surface area (Å²) in [4.78, 5) is 11.6. The van der Waals surface area contributed by atoms with Crippen LogP contribution in [0.15, 0.2) is 24.3 Å².